The molecular formula is C3H7O2S+. The number of rotatable bonds is 0. The molecule has 0 spiro atoms. The first kappa shape index (κ1) is 4.43. The van der Waals surface area contributed by atoms with E-state index < -0.39 is 0 Å². The third kappa shape index (κ3) is 0.864. The van der Waals surface area contributed by atoms with Crippen molar-refractivity contribution in [2.45, 2.75) is 0 Å². The molecule has 0 unspecified atom stereocenters. The van der Waals surface area contributed by atoms with Crippen molar-refractivity contribution in [3.8, 4) is 0 Å². The summed E-state index contributed by atoms with van der Waals surface area (Å²) >= 11 is -0.173. The fraction of sp³-hybridized carbons (Fsp3) is 1.00. The van der Waals surface area contributed by atoms with Crippen LogP contribution in [0.25, 0.3) is 0 Å². The molecule has 1 heterocycles. The Balaban J connectivity index is 2.18. The lowest BCUT2D eigenvalue weighted by molar-refractivity contribution is 0.365. The van der Waals surface area contributed by atoms with Crippen LogP contribution >= 0.6 is 0 Å². The number of hydrogen-bond donors (Lipinski definition) is 0. The van der Waals surface area contributed by atoms with Crippen LogP contribution in [0.3, 0.4) is 0 Å². The smallest absolute Gasteiger partial charge is 0.138 e. The Morgan fingerprint density at radius 1 is 1.33 bits per heavy atom. The summed E-state index contributed by atoms with van der Waals surface area (Å²) in [6.45, 7) is 1.55. The van der Waals surface area contributed by atoms with Gasteiger partial charge in [0.05, 0.1) is 0 Å². The van der Waals surface area contributed by atoms with Crippen molar-refractivity contribution < 1.29 is 8.37 Å². The van der Waals surface area contributed by atoms with Crippen LogP contribution in [0.1, 0.15) is 0 Å². The molecular weight excluding hydrogens is 100 g/mol. The molecule has 0 atom stereocenters. The molecule has 3 heteroatoms. The van der Waals surface area contributed by atoms with Crippen LogP contribution in [0.2, 0.25) is 0 Å². The van der Waals surface area contributed by atoms with Crippen LogP contribution in [0.5, 0.6) is 0 Å². The lowest BCUT2D eigenvalue weighted by Gasteiger charge is -1.76. The zero-order valence-corrected chi connectivity index (χ0v) is 4.46. The van der Waals surface area contributed by atoms with Gasteiger partial charge in [-0.05, 0) is 0 Å². The van der Waals surface area contributed by atoms with E-state index in [-0.39, 0.29) is 11.5 Å². The van der Waals surface area contributed by atoms with E-state index in [4.69, 9.17) is 8.37 Å². The molecule has 0 radical (unpaired) electrons. The van der Waals surface area contributed by atoms with Crippen molar-refractivity contribution in [2.24, 2.45) is 0 Å². The molecule has 0 aromatic carbocycles. The SMILES string of the molecule is C[S+]1OCCO1. The van der Waals surface area contributed by atoms with Crippen LogP contribution < -0.4 is 0 Å². The van der Waals surface area contributed by atoms with Crippen LogP contribution in [-0.2, 0) is 19.8 Å². The molecule has 0 aliphatic carbocycles. The minimum Gasteiger partial charge on any atom is -0.138 e. The lowest BCUT2D eigenvalue weighted by Crippen LogP contribution is -1.92. The fourth-order valence-electron chi connectivity index (χ4n) is 0.337. The maximum atomic E-state index is 4.96. The van der Waals surface area contributed by atoms with E-state index in [9.17, 15) is 0 Å². The first-order chi connectivity index (χ1) is 2.89. The second kappa shape index (κ2) is 1.82. The van der Waals surface area contributed by atoms with Crippen molar-refractivity contribution in [1.82, 2.24) is 0 Å². The summed E-state index contributed by atoms with van der Waals surface area (Å²) < 4.78 is 9.92. The summed E-state index contributed by atoms with van der Waals surface area (Å²) in [6, 6.07) is 0. The highest BCUT2D eigenvalue weighted by molar-refractivity contribution is 7.87. The summed E-state index contributed by atoms with van der Waals surface area (Å²) in [4.78, 5) is 0. The monoisotopic (exact) mass is 107 g/mol. The van der Waals surface area contributed by atoms with Crippen LogP contribution in [0.4, 0.5) is 0 Å². The maximum absolute atomic E-state index is 4.96. The van der Waals surface area contributed by atoms with Gasteiger partial charge in [0, 0.05) is 0 Å². The molecule has 2 nitrogen and oxygen atoms in total. The highest BCUT2D eigenvalue weighted by Crippen LogP contribution is 2.02. The average Bonchev–Trinajstić information content (AvgIpc) is 1.86. The molecule has 1 fully saturated rings. The first-order valence-electron chi connectivity index (χ1n) is 1.82. The Kier molecular flexibility index (Phi) is 1.34. The topological polar surface area (TPSA) is 18.5 Å². The van der Waals surface area contributed by atoms with Crippen molar-refractivity contribution in [1.29, 1.82) is 0 Å². The average molecular weight is 107 g/mol. The van der Waals surface area contributed by atoms with Gasteiger partial charge >= 0.3 is 11.5 Å². The molecule has 0 saturated carbocycles. The van der Waals surface area contributed by atoms with Crippen LogP contribution in [0, 0.1) is 0 Å². The quantitative estimate of drug-likeness (QED) is 0.409. The predicted octanol–water partition coefficient (Wildman–Crippen LogP) is 0.111. The van der Waals surface area contributed by atoms with Gasteiger partial charge in [0.2, 0.25) is 0 Å². The molecule has 0 amide bonds. The minimum absolute atomic E-state index is 0.173. The Hall–Kier alpha value is 0.270. The van der Waals surface area contributed by atoms with Crippen molar-refractivity contribution in [3.05, 3.63) is 0 Å². The second-order valence-electron chi connectivity index (χ2n) is 1.05. The zero-order valence-electron chi connectivity index (χ0n) is 3.64. The Bertz CT molecular complexity index is 42.1. The van der Waals surface area contributed by atoms with Gasteiger partial charge in [0.25, 0.3) is 0 Å². The molecule has 1 rings (SSSR count). The summed E-state index contributed by atoms with van der Waals surface area (Å²) in [6.07, 6.45) is 1.92. The molecule has 1 aliphatic heterocycles. The van der Waals surface area contributed by atoms with Crippen molar-refractivity contribution in [2.75, 3.05) is 19.5 Å². The third-order valence-electron chi connectivity index (χ3n) is 0.582. The van der Waals surface area contributed by atoms with Gasteiger partial charge < -0.3 is 0 Å². The molecule has 0 N–H and O–H groups in total. The van der Waals surface area contributed by atoms with E-state index in [0.717, 1.165) is 13.2 Å². The number of hydrogen-bond acceptors (Lipinski definition) is 2. The molecule has 36 valence electrons. The summed E-state index contributed by atoms with van der Waals surface area (Å²) in [5, 5.41) is 0. The van der Waals surface area contributed by atoms with E-state index in [1.165, 1.54) is 0 Å². The lowest BCUT2D eigenvalue weighted by atomic mass is 10.8. The van der Waals surface area contributed by atoms with Gasteiger partial charge in [-0.3, -0.25) is 0 Å². The van der Waals surface area contributed by atoms with E-state index in [1.54, 1.807) is 0 Å². The van der Waals surface area contributed by atoms with Gasteiger partial charge in [-0.1, -0.05) is 0 Å². The zero-order chi connectivity index (χ0) is 4.41. The van der Waals surface area contributed by atoms with Crippen LogP contribution in [0.15, 0.2) is 0 Å². The Morgan fingerprint density at radius 2 is 1.83 bits per heavy atom. The summed E-state index contributed by atoms with van der Waals surface area (Å²) in [7, 11) is 0. The van der Waals surface area contributed by atoms with Crippen molar-refractivity contribution in [3.63, 3.8) is 0 Å². The van der Waals surface area contributed by atoms with Crippen LogP contribution in [-0.4, -0.2) is 19.5 Å². The second-order valence-corrected chi connectivity index (χ2v) is 2.32. The van der Waals surface area contributed by atoms with Gasteiger partial charge in [-0.25, -0.2) is 0 Å². The molecule has 0 aromatic rings. The first-order valence-corrected chi connectivity index (χ1v) is 3.30. The van der Waals surface area contributed by atoms with Gasteiger partial charge in [-0.2, -0.15) is 0 Å². The predicted molar refractivity (Wildman–Crippen MR) is 25.2 cm³/mol. The van der Waals surface area contributed by atoms with Gasteiger partial charge in [0.1, 0.15) is 13.2 Å². The molecule has 6 heavy (non-hydrogen) atoms. The summed E-state index contributed by atoms with van der Waals surface area (Å²) in [5.41, 5.74) is 0. The maximum Gasteiger partial charge on any atom is 0.311 e. The molecule has 0 aromatic heterocycles. The van der Waals surface area contributed by atoms with E-state index in [0.29, 0.717) is 0 Å². The molecule has 0 bridgehead atoms. The van der Waals surface area contributed by atoms with E-state index in [2.05, 4.69) is 0 Å². The Morgan fingerprint density at radius 3 is 2.00 bits per heavy atom. The van der Waals surface area contributed by atoms with E-state index in [1.807, 2.05) is 6.26 Å². The highest BCUT2D eigenvalue weighted by atomic mass is 32.2. The van der Waals surface area contributed by atoms with Crippen molar-refractivity contribution >= 4 is 11.5 Å². The molecule has 1 saturated heterocycles. The fourth-order valence-corrected chi connectivity index (χ4v) is 1.01. The van der Waals surface area contributed by atoms with E-state index >= 15 is 0 Å². The minimum atomic E-state index is -0.173. The molecule has 1 aliphatic rings. The standard InChI is InChI=1S/C3H7O2S/c1-6-4-2-3-5-6/h2-3H2,1H3/q+1. The Labute approximate surface area is 40.2 Å². The van der Waals surface area contributed by atoms with Gasteiger partial charge in [0.15, 0.2) is 6.26 Å². The van der Waals surface area contributed by atoms with Gasteiger partial charge in [-0.15, -0.1) is 8.37 Å². The summed E-state index contributed by atoms with van der Waals surface area (Å²) in [5.74, 6) is 0. The normalized spacial score (nSPS) is 25.5. The third-order valence-corrected chi connectivity index (χ3v) is 1.58. The highest BCUT2D eigenvalue weighted by Gasteiger charge is 2.21. The largest absolute Gasteiger partial charge is 0.311 e.